The van der Waals surface area contributed by atoms with Crippen molar-refractivity contribution in [3.63, 3.8) is 0 Å². The van der Waals surface area contributed by atoms with Crippen molar-refractivity contribution in [2.75, 3.05) is 6.54 Å². The van der Waals surface area contributed by atoms with Crippen LogP contribution in [-0.2, 0) is 17.8 Å². The van der Waals surface area contributed by atoms with Gasteiger partial charge in [-0.1, -0.05) is 12.1 Å². The Morgan fingerprint density at radius 2 is 2.16 bits per heavy atom. The lowest BCUT2D eigenvalue weighted by atomic mass is 10.0. The molecule has 1 aromatic carbocycles. The van der Waals surface area contributed by atoms with Gasteiger partial charge in [-0.25, -0.2) is 4.39 Å². The second kappa shape index (κ2) is 7.74. The molecule has 0 spiro atoms. The smallest absolute Gasteiger partial charge is 0.303 e. The third kappa shape index (κ3) is 4.63. The fourth-order valence-corrected chi connectivity index (χ4v) is 3.55. The number of hydrogen-bond donors (Lipinski definition) is 1. The zero-order chi connectivity index (χ0) is 17.8. The summed E-state index contributed by atoms with van der Waals surface area (Å²) in [6.45, 7) is 3.60. The third-order valence-electron chi connectivity index (χ3n) is 4.64. The van der Waals surface area contributed by atoms with Gasteiger partial charge >= 0.3 is 5.97 Å². The molecule has 0 aliphatic carbocycles. The van der Waals surface area contributed by atoms with Crippen LogP contribution in [0.3, 0.4) is 0 Å². The molecule has 132 valence electrons. The van der Waals surface area contributed by atoms with Gasteiger partial charge in [0.2, 0.25) is 0 Å². The highest BCUT2D eigenvalue weighted by Gasteiger charge is 2.27. The number of carboxylic acids is 1. The first-order valence-corrected chi connectivity index (χ1v) is 8.69. The number of aromatic nitrogens is 1. The molecule has 0 bridgehead atoms. The number of hydrogen-bond acceptors (Lipinski definition) is 3. The molecule has 0 radical (unpaired) electrons. The molecule has 1 aliphatic heterocycles. The van der Waals surface area contributed by atoms with Crippen molar-refractivity contribution < 1.29 is 14.3 Å². The molecule has 1 N–H and O–H groups in total. The van der Waals surface area contributed by atoms with Gasteiger partial charge in [-0.3, -0.25) is 14.7 Å². The molecule has 1 unspecified atom stereocenters. The Labute approximate surface area is 147 Å². The maximum absolute atomic E-state index is 13.4. The van der Waals surface area contributed by atoms with E-state index in [4.69, 9.17) is 5.11 Å². The number of likely N-dealkylation sites (tertiary alicyclic amines) is 1. The van der Waals surface area contributed by atoms with E-state index in [1.54, 1.807) is 12.1 Å². The van der Waals surface area contributed by atoms with Gasteiger partial charge in [0, 0.05) is 18.7 Å². The average Bonchev–Trinajstić information content (AvgIpc) is 3.00. The molecule has 2 aromatic rings. The molecule has 3 rings (SSSR count). The molecule has 4 nitrogen and oxygen atoms in total. The normalized spacial score (nSPS) is 17.8. The van der Waals surface area contributed by atoms with Crippen molar-refractivity contribution in [1.29, 1.82) is 0 Å². The third-order valence-corrected chi connectivity index (χ3v) is 4.64. The first-order chi connectivity index (χ1) is 12.0. The topological polar surface area (TPSA) is 53.4 Å². The highest BCUT2D eigenvalue weighted by atomic mass is 19.1. The summed E-state index contributed by atoms with van der Waals surface area (Å²) in [5.41, 5.74) is 3.89. The Hall–Kier alpha value is -2.27. The summed E-state index contributed by atoms with van der Waals surface area (Å²) in [5, 5.41) is 8.90. The van der Waals surface area contributed by atoms with Crippen LogP contribution >= 0.6 is 0 Å². The Kier molecular flexibility index (Phi) is 5.43. The van der Waals surface area contributed by atoms with Gasteiger partial charge in [-0.05, 0) is 68.1 Å². The van der Waals surface area contributed by atoms with Crippen LogP contribution in [-0.4, -0.2) is 27.5 Å². The number of carbonyl (C=O) groups is 1. The van der Waals surface area contributed by atoms with Crippen LogP contribution < -0.4 is 0 Å². The average molecular weight is 342 g/mol. The summed E-state index contributed by atoms with van der Waals surface area (Å²) in [6.07, 6.45) is 2.74. The molecule has 1 saturated heterocycles. The predicted molar refractivity (Wildman–Crippen MR) is 93.7 cm³/mol. The molecule has 5 heteroatoms. The van der Waals surface area contributed by atoms with Crippen molar-refractivity contribution >= 4 is 5.97 Å². The van der Waals surface area contributed by atoms with Crippen LogP contribution in [0.15, 0.2) is 36.4 Å². The summed E-state index contributed by atoms with van der Waals surface area (Å²) in [4.78, 5) is 17.8. The van der Waals surface area contributed by atoms with E-state index in [-0.39, 0.29) is 18.3 Å². The summed E-state index contributed by atoms with van der Waals surface area (Å²) >= 11 is 0. The van der Waals surface area contributed by atoms with Crippen molar-refractivity contribution in [2.45, 2.75) is 45.2 Å². The lowest BCUT2D eigenvalue weighted by Crippen LogP contribution is -2.23. The second-order valence-corrected chi connectivity index (χ2v) is 6.69. The van der Waals surface area contributed by atoms with E-state index in [0.29, 0.717) is 13.0 Å². The van der Waals surface area contributed by atoms with Gasteiger partial charge in [0.05, 0.1) is 11.7 Å². The molecule has 1 fully saturated rings. The number of aliphatic carboxylic acids is 1. The van der Waals surface area contributed by atoms with E-state index in [9.17, 15) is 9.18 Å². The van der Waals surface area contributed by atoms with E-state index in [1.165, 1.54) is 6.07 Å². The number of carboxylic acid groups (broad SMARTS) is 1. The van der Waals surface area contributed by atoms with E-state index in [1.807, 2.05) is 25.1 Å². The summed E-state index contributed by atoms with van der Waals surface area (Å²) in [7, 11) is 0. The summed E-state index contributed by atoms with van der Waals surface area (Å²) in [5.74, 6) is -0.998. The van der Waals surface area contributed by atoms with Crippen molar-refractivity contribution in [1.82, 2.24) is 9.88 Å². The van der Waals surface area contributed by atoms with Gasteiger partial charge in [0.1, 0.15) is 5.82 Å². The number of benzene rings is 1. The molecular formula is C20H23FN2O2. The highest BCUT2D eigenvalue weighted by Crippen LogP contribution is 2.33. The van der Waals surface area contributed by atoms with Crippen molar-refractivity contribution in [2.24, 2.45) is 0 Å². The van der Waals surface area contributed by atoms with Crippen molar-refractivity contribution in [3.05, 3.63) is 64.7 Å². The van der Waals surface area contributed by atoms with E-state index < -0.39 is 5.97 Å². The fourth-order valence-electron chi connectivity index (χ4n) is 3.55. The number of pyridine rings is 1. The highest BCUT2D eigenvalue weighted by molar-refractivity contribution is 5.67. The SMILES string of the molecule is Cc1cc(CCC(=O)O)cc(C2CCCN2Cc2cccc(F)c2)n1. The van der Waals surface area contributed by atoms with Crippen LogP contribution in [0.5, 0.6) is 0 Å². The minimum atomic E-state index is -0.787. The second-order valence-electron chi connectivity index (χ2n) is 6.69. The zero-order valence-corrected chi connectivity index (χ0v) is 14.4. The Morgan fingerprint density at radius 3 is 2.92 bits per heavy atom. The van der Waals surface area contributed by atoms with Gasteiger partial charge in [-0.2, -0.15) is 0 Å². The van der Waals surface area contributed by atoms with Crippen LogP contribution in [0.4, 0.5) is 4.39 Å². The quantitative estimate of drug-likeness (QED) is 0.865. The Balaban J connectivity index is 1.78. The molecule has 0 saturated carbocycles. The van der Waals surface area contributed by atoms with Gasteiger partial charge < -0.3 is 5.11 Å². The summed E-state index contributed by atoms with van der Waals surface area (Å²) < 4.78 is 13.4. The van der Waals surface area contributed by atoms with Crippen LogP contribution in [0.25, 0.3) is 0 Å². The molecule has 25 heavy (non-hydrogen) atoms. The van der Waals surface area contributed by atoms with Crippen molar-refractivity contribution in [3.8, 4) is 0 Å². The van der Waals surface area contributed by atoms with Crippen LogP contribution in [0, 0.1) is 12.7 Å². The Morgan fingerprint density at radius 1 is 1.32 bits per heavy atom. The van der Waals surface area contributed by atoms with E-state index >= 15 is 0 Å². The number of nitrogens with zero attached hydrogens (tertiary/aromatic N) is 2. The molecular weight excluding hydrogens is 319 g/mol. The van der Waals surface area contributed by atoms with Gasteiger partial charge in [0.15, 0.2) is 0 Å². The van der Waals surface area contributed by atoms with Crippen LogP contribution in [0.1, 0.15) is 47.8 Å². The maximum atomic E-state index is 13.4. The Bertz CT molecular complexity index is 763. The largest absolute Gasteiger partial charge is 0.481 e. The monoisotopic (exact) mass is 342 g/mol. The fraction of sp³-hybridized carbons (Fsp3) is 0.400. The van der Waals surface area contributed by atoms with Gasteiger partial charge in [0.25, 0.3) is 0 Å². The lowest BCUT2D eigenvalue weighted by molar-refractivity contribution is -0.136. The van der Waals surface area contributed by atoms with Crippen LogP contribution in [0.2, 0.25) is 0 Å². The molecule has 1 atom stereocenters. The number of aryl methyl sites for hydroxylation is 2. The minimum Gasteiger partial charge on any atom is -0.481 e. The standard InChI is InChI=1S/C20H23FN2O2/c1-14-10-15(7-8-20(24)25)12-18(22-14)19-6-3-9-23(19)13-16-4-2-5-17(21)11-16/h2,4-5,10-12,19H,3,6-9,13H2,1H3,(H,24,25). The molecule has 1 aliphatic rings. The lowest BCUT2D eigenvalue weighted by Gasteiger charge is -2.25. The number of rotatable bonds is 6. The minimum absolute atomic E-state index is 0.126. The summed E-state index contributed by atoms with van der Waals surface area (Å²) in [6, 6.07) is 10.9. The van der Waals surface area contributed by atoms with E-state index in [2.05, 4.69) is 9.88 Å². The number of halogens is 1. The predicted octanol–water partition coefficient (Wildman–Crippen LogP) is 3.88. The first-order valence-electron chi connectivity index (χ1n) is 8.69. The molecule has 2 heterocycles. The first kappa shape index (κ1) is 17.5. The van der Waals surface area contributed by atoms with Gasteiger partial charge in [-0.15, -0.1) is 0 Å². The maximum Gasteiger partial charge on any atom is 0.303 e. The zero-order valence-electron chi connectivity index (χ0n) is 14.4. The molecule has 0 amide bonds. The van der Waals surface area contributed by atoms with E-state index in [0.717, 1.165) is 41.9 Å². The molecule has 1 aromatic heterocycles.